The number of fused-ring (bicyclic) bond motifs is 2. The first kappa shape index (κ1) is 35.2. The molecule has 0 aliphatic heterocycles. The third kappa shape index (κ3) is 7.80. The summed E-state index contributed by atoms with van der Waals surface area (Å²) in [5.74, 6) is -1.06. The van der Waals surface area contributed by atoms with Gasteiger partial charge in [0.15, 0.2) is 11.6 Å². The summed E-state index contributed by atoms with van der Waals surface area (Å²) in [6, 6.07) is 16.5. The molecular weight excluding hydrogens is 610 g/mol. The lowest BCUT2D eigenvalue weighted by atomic mass is 9.83. The first-order valence-corrected chi connectivity index (χ1v) is 17.1. The van der Waals surface area contributed by atoms with Crippen LogP contribution in [0.5, 0.6) is 0 Å². The van der Waals surface area contributed by atoms with Crippen LogP contribution >= 0.6 is 0 Å². The smallest absolute Gasteiger partial charge is 0.313 e. The molecule has 6 nitrogen and oxygen atoms in total. The van der Waals surface area contributed by atoms with E-state index < -0.39 is 11.9 Å². The Morgan fingerprint density at radius 1 is 0.714 bits per heavy atom. The molecule has 252 valence electrons. The predicted octanol–water partition coefficient (Wildman–Crippen LogP) is 6.61. The van der Waals surface area contributed by atoms with E-state index in [2.05, 4.69) is 63.0 Å². The maximum Gasteiger partial charge on any atom is 0.313 e. The molecule has 0 bridgehead atoms. The number of rotatable bonds is 11. The number of carbonyl (C=O) groups excluding carboxylic acids is 4. The topological polar surface area (TPSA) is 89.5 Å². The highest BCUT2D eigenvalue weighted by molar-refractivity contribution is 6.14. The zero-order valence-corrected chi connectivity index (χ0v) is 29.0. The number of nitrogens with one attached hydrogen (secondary N) is 1. The van der Waals surface area contributed by atoms with E-state index in [9.17, 15) is 19.2 Å². The van der Waals surface area contributed by atoms with E-state index in [0.717, 1.165) is 61.2 Å². The Hall–Kier alpha value is -5.10. The number of carbonyl (C=O) groups is 4. The van der Waals surface area contributed by atoms with Crippen LogP contribution in [0.4, 0.5) is 0 Å². The fraction of sp³-hybridized carbons (Fsp3) is 0.302. The molecular formula is C43H45NO5. The third-order valence-electron chi connectivity index (χ3n) is 9.08. The van der Waals surface area contributed by atoms with E-state index >= 15 is 0 Å². The molecule has 2 atom stereocenters. The van der Waals surface area contributed by atoms with Crippen LogP contribution in [0.2, 0.25) is 0 Å². The van der Waals surface area contributed by atoms with Gasteiger partial charge in [0.1, 0.15) is 6.61 Å². The Bertz CT molecular complexity index is 2030. The molecule has 2 aliphatic rings. The van der Waals surface area contributed by atoms with Crippen molar-refractivity contribution >= 4 is 56.1 Å². The minimum atomic E-state index is -0.767. The number of amides is 1. The van der Waals surface area contributed by atoms with E-state index in [1.54, 1.807) is 12.2 Å². The van der Waals surface area contributed by atoms with Crippen molar-refractivity contribution in [2.75, 3.05) is 13.2 Å². The van der Waals surface area contributed by atoms with Crippen molar-refractivity contribution in [1.82, 2.24) is 5.32 Å². The van der Waals surface area contributed by atoms with Crippen molar-refractivity contribution in [2.24, 2.45) is 23.7 Å². The average molecular weight is 656 g/mol. The molecule has 0 heterocycles. The number of hydrogen-bond acceptors (Lipinski definition) is 5. The normalized spacial score (nSPS) is 15.9. The van der Waals surface area contributed by atoms with Crippen molar-refractivity contribution < 1.29 is 23.9 Å². The van der Waals surface area contributed by atoms with E-state index in [1.165, 1.54) is 0 Å². The van der Waals surface area contributed by atoms with Crippen LogP contribution in [0.3, 0.4) is 0 Å². The van der Waals surface area contributed by atoms with Crippen LogP contribution in [-0.2, 0) is 23.9 Å². The van der Waals surface area contributed by atoms with E-state index in [1.807, 2.05) is 56.3 Å². The second-order valence-corrected chi connectivity index (χ2v) is 13.7. The molecule has 49 heavy (non-hydrogen) atoms. The van der Waals surface area contributed by atoms with Crippen molar-refractivity contribution in [3.63, 3.8) is 0 Å². The molecule has 0 spiro atoms. The van der Waals surface area contributed by atoms with Crippen LogP contribution in [0.25, 0.3) is 32.7 Å². The minimum Gasteiger partial charge on any atom is -0.463 e. The number of ether oxygens (including phenoxy) is 1. The summed E-state index contributed by atoms with van der Waals surface area (Å²) in [7, 11) is 0. The third-order valence-corrected chi connectivity index (χ3v) is 9.08. The summed E-state index contributed by atoms with van der Waals surface area (Å²) in [6.45, 7) is 14.1. The zero-order chi connectivity index (χ0) is 35.2. The lowest BCUT2D eigenvalue weighted by molar-refractivity contribution is -0.148. The summed E-state index contributed by atoms with van der Waals surface area (Å²) in [4.78, 5) is 51.5. The van der Waals surface area contributed by atoms with Gasteiger partial charge in [-0.3, -0.25) is 19.2 Å². The van der Waals surface area contributed by atoms with Gasteiger partial charge in [0.05, 0.1) is 12.5 Å². The lowest BCUT2D eigenvalue weighted by Crippen LogP contribution is -2.30. The van der Waals surface area contributed by atoms with Crippen molar-refractivity contribution in [1.29, 1.82) is 0 Å². The Balaban J connectivity index is 1.73. The largest absolute Gasteiger partial charge is 0.463 e. The molecule has 0 saturated heterocycles. The van der Waals surface area contributed by atoms with Crippen molar-refractivity contribution in [3.8, 4) is 0 Å². The molecule has 0 fully saturated rings. The van der Waals surface area contributed by atoms with Crippen molar-refractivity contribution in [3.05, 3.63) is 119 Å². The van der Waals surface area contributed by atoms with Crippen molar-refractivity contribution in [2.45, 2.75) is 47.5 Å². The molecule has 5 rings (SSSR count). The van der Waals surface area contributed by atoms with Crippen LogP contribution < -0.4 is 15.8 Å². The van der Waals surface area contributed by atoms with Crippen LogP contribution in [0.15, 0.2) is 109 Å². The molecule has 1 N–H and O–H groups in total. The summed E-state index contributed by atoms with van der Waals surface area (Å²) in [6.07, 6.45) is 13.4. The van der Waals surface area contributed by atoms with E-state index in [0.29, 0.717) is 17.9 Å². The highest BCUT2D eigenvalue weighted by Gasteiger charge is 2.30. The molecule has 3 aromatic carbocycles. The average Bonchev–Trinajstić information content (AvgIpc) is 3.08. The maximum atomic E-state index is 13.5. The van der Waals surface area contributed by atoms with Gasteiger partial charge in [0, 0.05) is 11.1 Å². The maximum absolute atomic E-state index is 13.5. The monoisotopic (exact) mass is 655 g/mol. The highest BCUT2D eigenvalue weighted by Crippen LogP contribution is 2.30. The van der Waals surface area contributed by atoms with Gasteiger partial charge >= 0.3 is 5.97 Å². The molecule has 3 aromatic rings. The highest BCUT2D eigenvalue weighted by atomic mass is 16.5. The second-order valence-electron chi connectivity index (χ2n) is 13.7. The summed E-state index contributed by atoms with van der Waals surface area (Å²) < 4.78 is 5.57. The first-order valence-electron chi connectivity index (χ1n) is 17.1. The Labute approximate surface area is 288 Å². The van der Waals surface area contributed by atoms with Gasteiger partial charge in [0.2, 0.25) is 5.91 Å². The van der Waals surface area contributed by atoms with Gasteiger partial charge in [-0.1, -0.05) is 102 Å². The van der Waals surface area contributed by atoms with E-state index in [4.69, 9.17) is 4.74 Å². The Morgan fingerprint density at radius 2 is 1.18 bits per heavy atom. The predicted molar refractivity (Wildman–Crippen MR) is 198 cm³/mol. The minimum absolute atomic E-state index is 0.0110. The summed E-state index contributed by atoms with van der Waals surface area (Å²) in [5.41, 5.74) is 3.03. The van der Waals surface area contributed by atoms with Gasteiger partial charge in [-0.05, 0) is 104 Å². The molecule has 0 radical (unpaired) electrons. The Kier molecular flexibility index (Phi) is 11.1. The van der Waals surface area contributed by atoms with Crippen LogP contribution in [0.1, 0.15) is 47.5 Å². The number of esters is 1. The van der Waals surface area contributed by atoms with Crippen LogP contribution in [0, 0.1) is 23.7 Å². The number of hydrogen-bond donors (Lipinski definition) is 1. The summed E-state index contributed by atoms with van der Waals surface area (Å²) in [5, 5.41) is 8.70. The zero-order valence-electron chi connectivity index (χ0n) is 29.0. The molecule has 2 unspecified atom stereocenters. The summed E-state index contributed by atoms with van der Waals surface area (Å²) >= 11 is 0. The number of ketones is 2. The second kappa shape index (κ2) is 15.4. The first-order chi connectivity index (χ1) is 23.5. The fourth-order valence-corrected chi connectivity index (χ4v) is 6.97. The quantitative estimate of drug-likeness (QED) is 0.109. The standard InChI is InChI=1S/C43H45NO5/c1-7-40(47)44-20-21-49-43(48)37(23-27(4)5)36-25-30(17-19-39(36)46)42-33-14-10-8-12-31(33)41(32-13-9-11-15-34(32)42)29-16-18-38(45)35(24-29)28(6)22-26(2)3/h7-19,24-28,37H,1,20-23H2,2-6H3,(H,44,47). The molecule has 1 amide bonds. The van der Waals surface area contributed by atoms with Gasteiger partial charge in [-0.15, -0.1) is 0 Å². The molecule has 6 heteroatoms. The SMILES string of the molecule is C=CC(=O)NCCOC(=O)C(CC(C)C)C1=CC(=c2c3ccccc3c(=C3C=CC(=O)C(C(C)CC(C)C)=C3)c3ccccc23)C=CC1=O. The lowest BCUT2D eigenvalue weighted by Gasteiger charge is -2.22. The van der Waals surface area contributed by atoms with E-state index in [-0.39, 0.29) is 42.5 Å². The van der Waals surface area contributed by atoms with Gasteiger partial charge in [0.25, 0.3) is 0 Å². The molecule has 0 saturated carbocycles. The van der Waals surface area contributed by atoms with Crippen LogP contribution in [-0.4, -0.2) is 36.6 Å². The van der Waals surface area contributed by atoms with Gasteiger partial charge in [-0.25, -0.2) is 0 Å². The number of allylic oxidation sites excluding steroid dienone is 7. The molecule has 0 aromatic heterocycles. The molecule has 2 aliphatic carbocycles. The fourth-order valence-electron chi connectivity index (χ4n) is 6.97. The Morgan fingerprint density at radius 3 is 1.65 bits per heavy atom. The van der Waals surface area contributed by atoms with Gasteiger partial charge < -0.3 is 10.1 Å². The van der Waals surface area contributed by atoms with Gasteiger partial charge in [-0.2, -0.15) is 0 Å². The number of benzene rings is 3.